The molecule has 117 valence electrons. The minimum absolute atomic E-state index is 0.619. The summed E-state index contributed by atoms with van der Waals surface area (Å²) in [5.41, 5.74) is 1.28. The summed E-state index contributed by atoms with van der Waals surface area (Å²) in [4.78, 5) is 9.14. The zero-order valence-corrected chi connectivity index (χ0v) is 13.6. The lowest BCUT2D eigenvalue weighted by molar-refractivity contribution is 0.400. The normalized spacial score (nSPS) is 15.2. The van der Waals surface area contributed by atoms with Crippen molar-refractivity contribution in [2.75, 3.05) is 43.1 Å². The highest BCUT2D eigenvalue weighted by Gasteiger charge is 2.24. The number of piperazine rings is 1. The van der Waals surface area contributed by atoms with E-state index in [4.69, 9.17) is 4.74 Å². The lowest BCUT2D eigenvalue weighted by atomic mass is 10.1. The number of aromatic nitrogens is 3. The van der Waals surface area contributed by atoms with E-state index < -0.39 is 0 Å². The molecule has 0 spiro atoms. The van der Waals surface area contributed by atoms with E-state index in [1.54, 1.807) is 7.11 Å². The lowest BCUT2D eigenvalue weighted by Crippen LogP contribution is -2.47. The predicted octanol–water partition coefficient (Wildman–Crippen LogP) is 2.03. The van der Waals surface area contributed by atoms with Gasteiger partial charge in [0, 0.05) is 32.4 Å². The van der Waals surface area contributed by atoms with Crippen LogP contribution in [0.15, 0.2) is 18.3 Å². The van der Waals surface area contributed by atoms with E-state index in [0.29, 0.717) is 5.88 Å². The largest absolute Gasteiger partial charge is 0.478 e. The van der Waals surface area contributed by atoms with Gasteiger partial charge in [-0.1, -0.05) is 13.0 Å². The molecule has 1 saturated heterocycles. The Hall–Kier alpha value is -1.89. The molecule has 0 atom stereocenters. The predicted molar refractivity (Wildman–Crippen MR) is 88.8 cm³/mol. The summed E-state index contributed by atoms with van der Waals surface area (Å²) in [6.45, 7) is 7.57. The molecule has 0 aromatic carbocycles. The van der Waals surface area contributed by atoms with Crippen LogP contribution in [0, 0.1) is 6.92 Å². The van der Waals surface area contributed by atoms with E-state index in [-0.39, 0.29) is 0 Å². The Kier molecular flexibility index (Phi) is 4.72. The summed E-state index contributed by atoms with van der Waals surface area (Å²) in [6, 6.07) is 4.14. The number of pyridine rings is 1. The Bertz CT molecular complexity index is 609. The van der Waals surface area contributed by atoms with E-state index in [1.807, 2.05) is 12.3 Å². The molecule has 0 aliphatic carbocycles. The van der Waals surface area contributed by atoms with Crippen LogP contribution in [0.1, 0.15) is 12.0 Å². The first kappa shape index (κ1) is 15.0. The van der Waals surface area contributed by atoms with E-state index in [9.17, 15) is 0 Å². The molecule has 0 saturated carbocycles. The Balaban J connectivity index is 1.69. The number of aryl methyl sites for hydroxylation is 1. The monoisotopic (exact) mass is 318 g/mol. The van der Waals surface area contributed by atoms with Crippen molar-refractivity contribution in [3.8, 4) is 5.88 Å². The Morgan fingerprint density at radius 2 is 1.91 bits per heavy atom. The van der Waals surface area contributed by atoms with Crippen LogP contribution < -0.4 is 14.5 Å². The first-order chi connectivity index (χ1) is 10.8. The second-order valence-electron chi connectivity index (χ2n) is 5.16. The Labute approximate surface area is 135 Å². The molecule has 0 unspecified atom stereocenters. The molecule has 2 aromatic rings. The number of rotatable bonds is 5. The number of methoxy groups -OCH3 is 1. The Morgan fingerprint density at radius 1 is 1.18 bits per heavy atom. The molecule has 1 radical (unpaired) electrons. The van der Waals surface area contributed by atoms with Gasteiger partial charge in [0.25, 0.3) is 5.88 Å². The van der Waals surface area contributed by atoms with Crippen LogP contribution in [-0.2, 0) is 6.42 Å². The fraction of sp³-hybridized carbons (Fsp3) is 0.467. The number of ether oxygens (including phenoxy) is 1. The summed E-state index contributed by atoms with van der Waals surface area (Å²) in [5.74, 6) is 2.56. The van der Waals surface area contributed by atoms with Gasteiger partial charge in [0.2, 0.25) is 5.82 Å². The summed E-state index contributed by atoms with van der Waals surface area (Å²) in [5, 5.41) is 0. The highest BCUT2D eigenvalue weighted by Crippen LogP contribution is 2.27. The van der Waals surface area contributed by atoms with Gasteiger partial charge in [-0.3, -0.25) is 0 Å². The van der Waals surface area contributed by atoms with E-state index in [2.05, 4.69) is 36.5 Å². The maximum absolute atomic E-state index is 5.26. The van der Waals surface area contributed by atoms with Crippen molar-refractivity contribution in [2.24, 2.45) is 0 Å². The van der Waals surface area contributed by atoms with E-state index in [1.165, 1.54) is 17.3 Å². The third-order valence-electron chi connectivity index (χ3n) is 3.83. The zero-order chi connectivity index (χ0) is 15.4. The van der Waals surface area contributed by atoms with Crippen LogP contribution >= 0.6 is 11.7 Å². The maximum atomic E-state index is 5.26. The molecule has 3 rings (SSSR count). The van der Waals surface area contributed by atoms with Crippen molar-refractivity contribution in [3.63, 3.8) is 0 Å². The summed E-state index contributed by atoms with van der Waals surface area (Å²) >= 11 is 1.19. The van der Waals surface area contributed by atoms with E-state index >= 15 is 0 Å². The third kappa shape index (κ3) is 2.99. The molecule has 0 N–H and O–H groups in total. The number of hydrogen-bond donors (Lipinski definition) is 0. The average Bonchev–Trinajstić information content (AvgIpc) is 3.04. The van der Waals surface area contributed by atoms with Crippen LogP contribution in [0.4, 0.5) is 11.6 Å². The van der Waals surface area contributed by atoms with Gasteiger partial charge in [0.1, 0.15) is 5.82 Å². The average molecular weight is 318 g/mol. The number of hydrogen-bond acceptors (Lipinski definition) is 7. The molecule has 2 aromatic heterocycles. The van der Waals surface area contributed by atoms with Gasteiger partial charge in [-0.25, -0.2) is 4.98 Å². The first-order valence-corrected chi connectivity index (χ1v) is 8.16. The molecule has 0 bridgehead atoms. The highest BCUT2D eigenvalue weighted by molar-refractivity contribution is 6.99. The van der Waals surface area contributed by atoms with Crippen molar-refractivity contribution < 1.29 is 4.74 Å². The third-order valence-corrected chi connectivity index (χ3v) is 4.33. The second-order valence-corrected chi connectivity index (χ2v) is 5.69. The van der Waals surface area contributed by atoms with Crippen molar-refractivity contribution in [2.45, 2.75) is 12.8 Å². The molecule has 1 aliphatic rings. The van der Waals surface area contributed by atoms with Gasteiger partial charge in [-0.05, 0) is 24.5 Å². The SMILES string of the molecule is [CH2]CCc1cccnc1N1CCN(c2nsnc2OC)CC1. The number of anilines is 2. The second kappa shape index (κ2) is 6.91. The van der Waals surface area contributed by atoms with Crippen molar-refractivity contribution in [1.82, 2.24) is 13.7 Å². The lowest BCUT2D eigenvalue weighted by Gasteiger charge is -2.36. The van der Waals surface area contributed by atoms with Crippen LogP contribution in [0.3, 0.4) is 0 Å². The van der Waals surface area contributed by atoms with Gasteiger partial charge in [-0.2, -0.15) is 4.37 Å². The summed E-state index contributed by atoms with van der Waals surface area (Å²) in [7, 11) is 1.63. The van der Waals surface area contributed by atoms with Crippen molar-refractivity contribution in [1.29, 1.82) is 0 Å². The van der Waals surface area contributed by atoms with Crippen LogP contribution in [0.2, 0.25) is 0 Å². The smallest absolute Gasteiger partial charge is 0.270 e. The van der Waals surface area contributed by atoms with Gasteiger partial charge < -0.3 is 14.5 Å². The minimum atomic E-state index is 0.619. The molecular formula is C15H20N5OS. The molecule has 1 fully saturated rings. The van der Waals surface area contributed by atoms with Gasteiger partial charge in [0.05, 0.1) is 18.8 Å². The molecular weight excluding hydrogens is 298 g/mol. The van der Waals surface area contributed by atoms with Gasteiger partial charge >= 0.3 is 0 Å². The van der Waals surface area contributed by atoms with Gasteiger partial charge in [0.15, 0.2) is 0 Å². The van der Waals surface area contributed by atoms with Crippen LogP contribution in [-0.4, -0.2) is 47.0 Å². The van der Waals surface area contributed by atoms with Crippen molar-refractivity contribution in [3.05, 3.63) is 30.8 Å². The minimum Gasteiger partial charge on any atom is -0.478 e. The molecule has 1 aliphatic heterocycles. The molecule has 0 amide bonds. The van der Waals surface area contributed by atoms with E-state index in [0.717, 1.165) is 50.7 Å². The number of nitrogens with zero attached hydrogens (tertiary/aromatic N) is 5. The molecule has 7 heteroatoms. The fourth-order valence-corrected chi connectivity index (χ4v) is 3.27. The van der Waals surface area contributed by atoms with Gasteiger partial charge in [-0.15, -0.1) is 4.37 Å². The van der Waals surface area contributed by atoms with Crippen LogP contribution in [0.5, 0.6) is 5.88 Å². The zero-order valence-electron chi connectivity index (χ0n) is 12.7. The van der Waals surface area contributed by atoms with Crippen LogP contribution in [0.25, 0.3) is 0 Å². The topological polar surface area (TPSA) is 54.4 Å². The Morgan fingerprint density at radius 3 is 2.59 bits per heavy atom. The summed E-state index contributed by atoms with van der Waals surface area (Å²) < 4.78 is 13.8. The quantitative estimate of drug-likeness (QED) is 0.841. The summed E-state index contributed by atoms with van der Waals surface area (Å²) in [6.07, 6.45) is 3.72. The first-order valence-electron chi connectivity index (χ1n) is 7.43. The molecule has 22 heavy (non-hydrogen) atoms. The fourth-order valence-electron chi connectivity index (χ4n) is 2.73. The standard InChI is InChI=1S/C15H20N5OS/c1-3-5-12-6-4-7-16-13(12)19-8-10-20(11-9-19)14-15(21-2)18-22-17-14/h4,6-7H,1,3,5,8-11H2,2H3. The van der Waals surface area contributed by atoms with Crippen molar-refractivity contribution >= 4 is 23.4 Å². The highest BCUT2D eigenvalue weighted by atomic mass is 32.1. The molecule has 3 heterocycles. The maximum Gasteiger partial charge on any atom is 0.270 e. The molecule has 6 nitrogen and oxygen atoms in total.